The Bertz CT molecular complexity index is 534. The van der Waals surface area contributed by atoms with E-state index >= 15 is 0 Å². The van der Waals surface area contributed by atoms with Gasteiger partial charge in [-0.25, -0.2) is 0 Å². The number of hydrogen-bond donors (Lipinski definition) is 0. The molecular formula is C16H24NSi. The van der Waals surface area contributed by atoms with Gasteiger partial charge in [0.1, 0.15) is 0 Å². The summed E-state index contributed by atoms with van der Waals surface area (Å²) in [5.74, 6) is 0. The molecule has 1 aromatic carbocycles. The molecule has 97 valence electrons. The Morgan fingerprint density at radius 1 is 1.28 bits per heavy atom. The first-order chi connectivity index (χ1) is 8.45. The molecule has 2 aromatic rings. The normalized spacial score (nSPS) is 14.1. The van der Waals surface area contributed by atoms with Crippen LogP contribution in [0.5, 0.6) is 0 Å². The van der Waals surface area contributed by atoms with Crippen LogP contribution in [0, 0.1) is 6.07 Å². The highest BCUT2D eigenvalue weighted by Crippen LogP contribution is 2.23. The van der Waals surface area contributed by atoms with Crippen LogP contribution in [0.25, 0.3) is 10.9 Å². The minimum atomic E-state index is -1.31. The van der Waals surface area contributed by atoms with Crippen molar-refractivity contribution in [3.8, 4) is 0 Å². The van der Waals surface area contributed by atoms with Gasteiger partial charge >= 0.3 is 0 Å². The predicted molar refractivity (Wildman–Crippen MR) is 83.4 cm³/mol. The molecule has 0 aliphatic rings. The van der Waals surface area contributed by atoms with E-state index in [4.69, 9.17) is 0 Å². The third-order valence-electron chi connectivity index (χ3n) is 3.63. The van der Waals surface area contributed by atoms with Crippen LogP contribution in [0.4, 0.5) is 0 Å². The lowest BCUT2D eigenvalue weighted by atomic mass is 10.2. The van der Waals surface area contributed by atoms with Crippen LogP contribution < -0.4 is 5.19 Å². The van der Waals surface area contributed by atoms with Crippen molar-refractivity contribution in [2.24, 2.45) is 0 Å². The summed E-state index contributed by atoms with van der Waals surface area (Å²) >= 11 is 0. The largest absolute Gasteiger partial charge is 0.345 e. The Morgan fingerprint density at radius 3 is 2.61 bits per heavy atom. The van der Waals surface area contributed by atoms with Gasteiger partial charge in [-0.3, -0.25) is 0 Å². The van der Waals surface area contributed by atoms with Crippen molar-refractivity contribution in [1.82, 2.24) is 4.57 Å². The summed E-state index contributed by atoms with van der Waals surface area (Å²) in [6.45, 7) is 11.7. The minimum Gasteiger partial charge on any atom is -0.345 e. The van der Waals surface area contributed by atoms with E-state index in [1.165, 1.54) is 28.9 Å². The van der Waals surface area contributed by atoms with Crippen LogP contribution in [0.15, 0.2) is 24.4 Å². The summed E-state index contributed by atoms with van der Waals surface area (Å²) < 4.78 is 2.43. The van der Waals surface area contributed by atoms with Gasteiger partial charge in [-0.1, -0.05) is 39.1 Å². The molecule has 0 bridgehead atoms. The van der Waals surface area contributed by atoms with Crippen molar-refractivity contribution in [3.63, 3.8) is 0 Å². The van der Waals surface area contributed by atoms with E-state index in [1.54, 1.807) is 0 Å². The molecule has 0 saturated heterocycles. The van der Waals surface area contributed by atoms with Crippen LogP contribution in [0.3, 0.4) is 0 Å². The van der Waals surface area contributed by atoms with Gasteiger partial charge in [0.25, 0.3) is 0 Å². The van der Waals surface area contributed by atoms with Crippen LogP contribution in [0.2, 0.25) is 19.6 Å². The molecule has 2 rings (SSSR count). The highest BCUT2D eigenvalue weighted by Gasteiger charge is 2.20. The quantitative estimate of drug-likeness (QED) is 0.719. The number of rotatable bonds is 4. The summed E-state index contributed by atoms with van der Waals surface area (Å²) in [6.07, 6.45) is 4.73. The van der Waals surface area contributed by atoms with Crippen molar-refractivity contribution in [2.45, 2.75) is 52.4 Å². The van der Waals surface area contributed by atoms with Crippen LogP contribution in [-0.4, -0.2) is 12.6 Å². The Morgan fingerprint density at radius 2 is 2.00 bits per heavy atom. The molecule has 1 nitrogen and oxygen atoms in total. The van der Waals surface area contributed by atoms with Gasteiger partial charge in [-0.05, 0) is 42.1 Å². The summed E-state index contributed by atoms with van der Waals surface area (Å²) in [5.41, 5.74) is 1.38. The zero-order chi connectivity index (χ0) is 13.3. The first kappa shape index (κ1) is 13.4. The average Bonchev–Trinajstić information content (AvgIpc) is 2.71. The van der Waals surface area contributed by atoms with Crippen molar-refractivity contribution in [1.29, 1.82) is 0 Å². The molecule has 0 N–H and O–H groups in total. The Hall–Kier alpha value is -1.02. The van der Waals surface area contributed by atoms with Crippen molar-refractivity contribution in [3.05, 3.63) is 30.5 Å². The standard InChI is InChI=1S/C16H24NSi/c1-6-8-13(2)17-12-11-14-15(17)9-7-10-16(14)18(3,4)5/h7,9,11-13H,6,8H2,1-5H3. The van der Waals surface area contributed by atoms with Gasteiger partial charge in [0, 0.05) is 17.8 Å². The molecule has 1 radical (unpaired) electrons. The Kier molecular flexibility index (Phi) is 3.67. The van der Waals surface area contributed by atoms with E-state index in [9.17, 15) is 0 Å². The summed E-state index contributed by atoms with van der Waals surface area (Å²) in [5, 5.41) is 2.88. The van der Waals surface area contributed by atoms with Crippen molar-refractivity contribution >= 4 is 24.2 Å². The molecule has 0 amide bonds. The first-order valence-corrected chi connectivity index (χ1v) is 10.5. The minimum absolute atomic E-state index is 0.587. The number of hydrogen-bond acceptors (Lipinski definition) is 0. The number of benzene rings is 1. The molecule has 18 heavy (non-hydrogen) atoms. The van der Waals surface area contributed by atoms with Gasteiger partial charge in [-0.15, -0.1) is 0 Å². The number of aromatic nitrogens is 1. The van der Waals surface area contributed by atoms with Crippen LogP contribution in [-0.2, 0) is 0 Å². The number of nitrogens with zero attached hydrogens (tertiary/aromatic N) is 1. The van der Waals surface area contributed by atoms with Gasteiger partial charge in [-0.2, -0.15) is 0 Å². The second kappa shape index (κ2) is 4.92. The molecule has 1 aromatic heterocycles. The van der Waals surface area contributed by atoms with Gasteiger partial charge in [0.2, 0.25) is 0 Å². The van der Waals surface area contributed by atoms with Gasteiger partial charge < -0.3 is 4.57 Å². The highest BCUT2D eigenvalue weighted by molar-refractivity contribution is 6.90. The van der Waals surface area contributed by atoms with E-state index in [2.05, 4.69) is 68.5 Å². The SMILES string of the molecule is CCCC(C)n1ccc2c([Si](C)(C)C)[c]ccc21. The zero-order valence-corrected chi connectivity index (χ0v) is 13.2. The molecule has 0 aliphatic carbocycles. The third kappa shape index (κ3) is 2.39. The van der Waals surface area contributed by atoms with E-state index < -0.39 is 8.07 Å². The summed E-state index contributed by atoms with van der Waals surface area (Å²) in [6, 6.07) is 10.7. The monoisotopic (exact) mass is 258 g/mol. The topological polar surface area (TPSA) is 4.93 Å². The lowest BCUT2D eigenvalue weighted by Gasteiger charge is -2.19. The maximum atomic E-state index is 3.48. The zero-order valence-electron chi connectivity index (χ0n) is 12.2. The van der Waals surface area contributed by atoms with E-state index in [-0.39, 0.29) is 0 Å². The van der Waals surface area contributed by atoms with Gasteiger partial charge in [0.05, 0.1) is 8.07 Å². The fourth-order valence-corrected chi connectivity index (χ4v) is 4.23. The summed E-state index contributed by atoms with van der Waals surface area (Å²) in [7, 11) is -1.31. The Balaban J connectivity index is 2.55. The molecule has 1 heterocycles. The molecule has 0 spiro atoms. The molecule has 0 fully saturated rings. The first-order valence-electron chi connectivity index (χ1n) is 6.97. The smallest absolute Gasteiger partial charge is 0.0793 e. The maximum absolute atomic E-state index is 3.48. The van der Waals surface area contributed by atoms with E-state index in [1.807, 2.05) is 0 Å². The molecule has 1 atom stereocenters. The number of fused-ring (bicyclic) bond motifs is 1. The van der Waals surface area contributed by atoms with Crippen molar-refractivity contribution in [2.75, 3.05) is 0 Å². The molecule has 2 heteroatoms. The fourth-order valence-electron chi connectivity index (χ4n) is 2.69. The molecule has 1 unspecified atom stereocenters. The third-order valence-corrected chi connectivity index (χ3v) is 5.54. The summed E-state index contributed by atoms with van der Waals surface area (Å²) in [4.78, 5) is 0. The molecule has 0 saturated carbocycles. The van der Waals surface area contributed by atoms with Gasteiger partial charge in [0.15, 0.2) is 0 Å². The van der Waals surface area contributed by atoms with Crippen LogP contribution >= 0.6 is 0 Å². The lowest BCUT2D eigenvalue weighted by molar-refractivity contribution is 0.515. The highest BCUT2D eigenvalue weighted by atomic mass is 28.3. The Labute approximate surface area is 112 Å². The van der Waals surface area contributed by atoms with E-state index in [0.29, 0.717) is 6.04 Å². The maximum Gasteiger partial charge on any atom is 0.0793 e. The van der Waals surface area contributed by atoms with Crippen LogP contribution in [0.1, 0.15) is 32.7 Å². The second-order valence-electron chi connectivity index (χ2n) is 6.26. The fraction of sp³-hybridized carbons (Fsp3) is 0.500. The predicted octanol–water partition coefficient (Wildman–Crippen LogP) is 4.35. The average molecular weight is 258 g/mol. The second-order valence-corrected chi connectivity index (χ2v) is 11.3. The van der Waals surface area contributed by atoms with Crippen molar-refractivity contribution < 1.29 is 0 Å². The lowest BCUT2D eigenvalue weighted by Crippen LogP contribution is -2.38. The van der Waals surface area contributed by atoms with E-state index in [0.717, 1.165) is 0 Å². The molecular weight excluding hydrogens is 234 g/mol. The molecule has 0 aliphatic heterocycles.